The third kappa shape index (κ3) is 2.41. The van der Waals surface area contributed by atoms with Gasteiger partial charge in [0, 0.05) is 31.5 Å². The fourth-order valence-electron chi connectivity index (χ4n) is 2.20. The summed E-state index contributed by atoms with van der Waals surface area (Å²) in [5, 5.41) is 12.4. The highest BCUT2D eigenvalue weighted by molar-refractivity contribution is 5.37. The minimum atomic E-state index is -0.330. The van der Waals surface area contributed by atoms with Crippen molar-refractivity contribution in [3.63, 3.8) is 0 Å². The van der Waals surface area contributed by atoms with Crippen LogP contribution in [0.2, 0.25) is 1.41 Å². The highest BCUT2D eigenvalue weighted by Crippen LogP contribution is 2.20. The van der Waals surface area contributed by atoms with Crippen molar-refractivity contribution >= 4 is 0 Å². The molecule has 9 heteroatoms. The van der Waals surface area contributed by atoms with Crippen LogP contribution in [0, 0.1) is 0 Å². The molecule has 0 fully saturated rings. The summed E-state index contributed by atoms with van der Waals surface area (Å²) in [4.78, 5) is 12.1. The Morgan fingerprint density at radius 3 is 2.82 bits per heavy atom. The molecule has 0 spiro atoms. The molecular formula is C13H17N7O2. The zero-order chi connectivity index (χ0) is 16.6. The molecule has 0 amide bonds. The van der Waals surface area contributed by atoms with Crippen molar-refractivity contribution in [3.05, 3.63) is 40.7 Å². The number of aromatic nitrogens is 7. The van der Waals surface area contributed by atoms with Gasteiger partial charge in [0.25, 0.3) is 0 Å². The fourth-order valence-corrected chi connectivity index (χ4v) is 2.20. The molecule has 0 aliphatic carbocycles. The van der Waals surface area contributed by atoms with E-state index in [9.17, 15) is 4.79 Å². The number of nitrogens with one attached hydrogen (secondary N) is 1. The first kappa shape index (κ1) is 12.9. The molecule has 0 atom stereocenters. The standard InChI is InChI=1S/C13H17N7O2/c1-9(2)19-7-5-10(20-13(21)18(3)16-17-20)11(19)8-22-12-4-6-14-15-12/h4-7,9H,8H2,1-3H3,(H,14,15)/i/hT. The zero-order valence-corrected chi connectivity index (χ0v) is 12.5. The lowest BCUT2D eigenvalue weighted by atomic mass is 10.3. The molecule has 3 aromatic rings. The smallest absolute Gasteiger partial charge is 0.368 e. The number of H-pyrrole nitrogens is 1. The summed E-state index contributed by atoms with van der Waals surface area (Å²) in [6, 6.07) is 3.59. The molecule has 0 radical (unpaired) electrons. The average Bonchev–Trinajstić information content (AvgIpc) is 3.18. The van der Waals surface area contributed by atoms with Gasteiger partial charge in [-0.2, -0.15) is 9.36 Å². The molecule has 0 saturated heterocycles. The van der Waals surface area contributed by atoms with E-state index >= 15 is 0 Å². The maximum absolute atomic E-state index is 12.1. The molecule has 1 N–H and O–H groups in total. The Bertz CT molecular complexity index is 873. The molecule has 3 heterocycles. The van der Waals surface area contributed by atoms with Gasteiger partial charge in [-0.25, -0.2) is 4.79 Å². The van der Waals surface area contributed by atoms with E-state index in [2.05, 4.69) is 15.5 Å². The van der Waals surface area contributed by atoms with Gasteiger partial charge in [0.2, 0.25) is 5.88 Å². The Morgan fingerprint density at radius 1 is 1.41 bits per heavy atom. The molecule has 0 aliphatic rings. The summed E-state index contributed by atoms with van der Waals surface area (Å²) >= 11 is 0. The van der Waals surface area contributed by atoms with Gasteiger partial charge in [-0.05, 0) is 30.3 Å². The molecule has 0 aromatic carbocycles. The van der Waals surface area contributed by atoms with Gasteiger partial charge < -0.3 is 9.30 Å². The van der Waals surface area contributed by atoms with E-state index in [1.807, 2.05) is 24.6 Å². The van der Waals surface area contributed by atoms with E-state index in [1.54, 1.807) is 19.2 Å². The number of tetrazole rings is 1. The van der Waals surface area contributed by atoms with Gasteiger partial charge in [-0.15, -0.1) is 5.10 Å². The fraction of sp³-hybridized carbons (Fsp3) is 0.385. The number of ether oxygens (including phenoxy) is 1. The number of hydrogen-bond acceptors (Lipinski definition) is 5. The van der Waals surface area contributed by atoms with Gasteiger partial charge >= 0.3 is 5.69 Å². The summed E-state index contributed by atoms with van der Waals surface area (Å²) in [6.07, 6.45) is 3.35. The van der Waals surface area contributed by atoms with Crippen LogP contribution in [0.5, 0.6) is 5.88 Å². The monoisotopic (exact) mass is 305 g/mol. The van der Waals surface area contributed by atoms with Gasteiger partial charge in [-0.1, -0.05) is 0 Å². The van der Waals surface area contributed by atoms with Crippen LogP contribution in [0.3, 0.4) is 0 Å². The average molecular weight is 305 g/mol. The Morgan fingerprint density at radius 2 is 2.23 bits per heavy atom. The Hall–Kier alpha value is -2.84. The SMILES string of the molecule is [3H]n1ccc(OCc2c(-n3nnn(C)c3=O)ccn2C(C)C)n1. The van der Waals surface area contributed by atoms with Crippen molar-refractivity contribution in [2.45, 2.75) is 26.5 Å². The topological polar surface area (TPSA) is 95.5 Å². The van der Waals surface area contributed by atoms with Crippen molar-refractivity contribution in [2.75, 3.05) is 0 Å². The Kier molecular flexibility index (Phi) is 3.22. The summed E-state index contributed by atoms with van der Waals surface area (Å²) in [5.41, 5.74) is 1.06. The third-order valence-corrected chi connectivity index (χ3v) is 3.30. The molecule has 0 bridgehead atoms. The second kappa shape index (κ2) is 5.51. The van der Waals surface area contributed by atoms with Crippen LogP contribution in [0.15, 0.2) is 29.3 Å². The zero-order valence-electron chi connectivity index (χ0n) is 13.5. The van der Waals surface area contributed by atoms with Crippen LogP contribution in [0.4, 0.5) is 0 Å². The van der Waals surface area contributed by atoms with Crippen molar-refractivity contribution < 1.29 is 6.15 Å². The van der Waals surface area contributed by atoms with Crippen LogP contribution >= 0.6 is 0 Å². The maximum Gasteiger partial charge on any atom is 0.368 e. The summed E-state index contributed by atoms with van der Waals surface area (Å²) in [7, 11) is 1.54. The highest BCUT2D eigenvalue weighted by atomic mass is 16.5. The lowest BCUT2D eigenvalue weighted by Gasteiger charge is -2.14. The van der Waals surface area contributed by atoms with E-state index < -0.39 is 0 Å². The second-order valence-corrected chi connectivity index (χ2v) is 5.10. The van der Waals surface area contributed by atoms with Gasteiger partial charge in [0.15, 0.2) is 1.41 Å². The van der Waals surface area contributed by atoms with E-state index in [-0.39, 0.29) is 18.3 Å². The van der Waals surface area contributed by atoms with Gasteiger partial charge in [0.1, 0.15) is 6.61 Å². The maximum atomic E-state index is 12.1. The van der Waals surface area contributed by atoms with Crippen LogP contribution in [-0.2, 0) is 13.7 Å². The lowest BCUT2D eigenvalue weighted by Crippen LogP contribution is -2.23. The van der Waals surface area contributed by atoms with E-state index in [4.69, 9.17) is 6.15 Å². The van der Waals surface area contributed by atoms with Crippen molar-refractivity contribution in [1.29, 1.82) is 0 Å². The Labute approximate surface area is 127 Å². The largest absolute Gasteiger partial charge is 0.470 e. The predicted octanol–water partition coefficient (Wildman–Crippen LogP) is 0.650. The number of rotatable bonds is 5. The number of aromatic amines is 1. The number of nitrogens with zero attached hydrogens (tertiary/aromatic N) is 6. The highest BCUT2D eigenvalue weighted by Gasteiger charge is 2.17. The van der Waals surface area contributed by atoms with Crippen molar-refractivity contribution in [3.8, 4) is 11.6 Å². The van der Waals surface area contributed by atoms with Crippen LogP contribution < -0.4 is 10.4 Å². The molecule has 0 aliphatic heterocycles. The van der Waals surface area contributed by atoms with Crippen molar-refractivity contribution in [1.82, 2.24) is 34.5 Å². The normalized spacial score (nSPS) is 11.9. The minimum absolute atomic E-state index is 0.184. The molecular weight excluding hydrogens is 286 g/mol. The van der Waals surface area contributed by atoms with E-state index in [0.29, 0.717) is 11.6 Å². The minimum Gasteiger partial charge on any atom is -0.470 e. The van der Waals surface area contributed by atoms with Gasteiger partial charge in [0.05, 0.1) is 11.4 Å². The lowest BCUT2D eigenvalue weighted by molar-refractivity contribution is 0.279. The first-order valence-electron chi connectivity index (χ1n) is 7.29. The van der Waals surface area contributed by atoms with E-state index in [1.165, 1.54) is 15.6 Å². The summed E-state index contributed by atoms with van der Waals surface area (Å²) in [5.74, 6) is 0.342. The van der Waals surface area contributed by atoms with Crippen molar-refractivity contribution in [2.24, 2.45) is 7.05 Å². The number of hydrogen-bond donors (Lipinski definition) is 1. The number of aryl methyl sites for hydroxylation is 1. The summed E-state index contributed by atoms with van der Waals surface area (Å²) < 4.78 is 17.4. The van der Waals surface area contributed by atoms with Crippen LogP contribution in [-0.4, -0.2) is 34.5 Å². The Balaban J connectivity index is 1.97. The molecule has 0 saturated carbocycles. The molecule has 22 heavy (non-hydrogen) atoms. The van der Waals surface area contributed by atoms with E-state index in [0.717, 1.165) is 10.8 Å². The predicted molar refractivity (Wildman–Crippen MR) is 77.9 cm³/mol. The first-order chi connectivity index (χ1) is 11.0. The first-order valence-corrected chi connectivity index (χ1v) is 6.84. The molecule has 3 aromatic heterocycles. The molecule has 3 rings (SSSR count). The van der Waals surface area contributed by atoms with Gasteiger partial charge in [-0.3, -0.25) is 5.09 Å². The second-order valence-electron chi connectivity index (χ2n) is 5.10. The summed E-state index contributed by atoms with van der Waals surface area (Å²) in [6.45, 7) is 4.26. The van der Waals surface area contributed by atoms with Crippen LogP contribution in [0.1, 0.15) is 25.6 Å². The molecule has 9 nitrogen and oxygen atoms in total. The van der Waals surface area contributed by atoms with Crippen LogP contribution in [0.25, 0.3) is 5.69 Å². The third-order valence-electron chi connectivity index (χ3n) is 3.30. The molecule has 116 valence electrons. The quantitative estimate of drug-likeness (QED) is 0.746. The molecule has 0 unspecified atom stereocenters.